The van der Waals surface area contributed by atoms with E-state index in [4.69, 9.17) is 27.6 Å². The number of rotatable bonds is 4. The van der Waals surface area contributed by atoms with Gasteiger partial charge in [-0.1, -0.05) is 53.2 Å². The average Bonchev–Trinajstić information content (AvgIpc) is 3.04. The number of nitrogens with one attached hydrogen (secondary N) is 1. The van der Waals surface area contributed by atoms with Gasteiger partial charge in [0.1, 0.15) is 4.49 Å². The Balaban J connectivity index is 1.84. The second-order valence-corrected chi connectivity index (χ2v) is 5.90. The van der Waals surface area contributed by atoms with Crippen molar-refractivity contribution in [3.8, 4) is 11.5 Å². The summed E-state index contributed by atoms with van der Waals surface area (Å²) in [5, 5.41) is 9.59. The molecule has 20 heavy (non-hydrogen) atoms. The number of hydrogen-bond donors (Lipinski definition) is 1. The molecular formula is C13H9Cl2N3OS. The standard InChI is InChI=1S/C13H9Cl2N3OS/c14-11(15)5-6-20-13-18-17-12(19-13)9-7-16-10-4-2-1-3-8(9)10/h1-5,7,16H,6H2. The molecule has 0 bridgehead atoms. The minimum absolute atomic E-state index is 0.230. The summed E-state index contributed by atoms with van der Waals surface area (Å²) in [6.45, 7) is 0. The number of nitrogens with zero attached hydrogens (tertiary/aromatic N) is 2. The van der Waals surface area contributed by atoms with Crippen molar-refractivity contribution >= 4 is 45.9 Å². The van der Waals surface area contributed by atoms with E-state index < -0.39 is 0 Å². The highest BCUT2D eigenvalue weighted by Gasteiger charge is 2.12. The summed E-state index contributed by atoms with van der Waals surface area (Å²) < 4.78 is 5.85. The molecule has 2 heterocycles. The van der Waals surface area contributed by atoms with Gasteiger partial charge in [0.25, 0.3) is 11.1 Å². The molecule has 0 fully saturated rings. The van der Waals surface area contributed by atoms with Gasteiger partial charge in [0.15, 0.2) is 0 Å². The van der Waals surface area contributed by atoms with E-state index in [1.54, 1.807) is 6.08 Å². The predicted molar refractivity (Wildman–Crippen MR) is 82.1 cm³/mol. The monoisotopic (exact) mass is 325 g/mol. The topological polar surface area (TPSA) is 54.7 Å². The highest BCUT2D eigenvalue weighted by atomic mass is 35.5. The number of para-hydroxylation sites is 1. The van der Waals surface area contributed by atoms with E-state index in [1.165, 1.54) is 11.8 Å². The lowest BCUT2D eigenvalue weighted by atomic mass is 10.2. The van der Waals surface area contributed by atoms with Crippen LogP contribution >= 0.6 is 35.0 Å². The molecule has 0 saturated carbocycles. The first kappa shape index (κ1) is 13.5. The molecule has 0 amide bonds. The highest BCUT2D eigenvalue weighted by molar-refractivity contribution is 7.99. The number of hydrogen-bond acceptors (Lipinski definition) is 4. The molecule has 0 aliphatic heterocycles. The molecule has 2 aromatic heterocycles. The van der Waals surface area contributed by atoms with Gasteiger partial charge in [0.05, 0.1) is 5.56 Å². The summed E-state index contributed by atoms with van der Waals surface area (Å²) in [5.41, 5.74) is 1.93. The summed E-state index contributed by atoms with van der Waals surface area (Å²) in [5.74, 6) is 1.07. The molecule has 0 unspecified atom stereocenters. The van der Waals surface area contributed by atoms with Gasteiger partial charge in [-0.3, -0.25) is 0 Å². The number of halogens is 2. The molecule has 3 rings (SSSR count). The van der Waals surface area contributed by atoms with Crippen LogP contribution in [0.5, 0.6) is 0 Å². The Hall–Kier alpha value is -1.43. The lowest BCUT2D eigenvalue weighted by molar-refractivity contribution is 0.466. The van der Waals surface area contributed by atoms with Crippen LogP contribution in [-0.2, 0) is 0 Å². The molecule has 0 radical (unpaired) electrons. The van der Waals surface area contributed by atoms with Crippen LogP contribution in [0.1, 0.15) is 0 Å². The van der Waals surface area contributed by atoms with E-state index in [0.717, 1.165) is 16.5 Å². The van der Waals surface area contributed by atoms with E-state index in [-0.39, 0.29) is 4.49 Å². The third-order valence-electron chi connectivity index (χ3n) is 2.67. The van der Waals surface area contributed by atoms with Crippen LogP contribution in [0.15, 0.2) is 50.7 Å². The maximum atomic E-state index is 5.62. The number of benzene rings is 1. The van der Waals surface area contributed by atoms with Crippen LogP contribution in [0.2, 0.25) is 0 Å². The zero-order valence-electron chi connectivity index (χ0n) is 10.1. The quantitative estimate of drug-likeness (QED) is 0.710. The van der Waals surface area contributed by atoms with E-state index >= 15 is 0 Å². The van der Waals surface area contributed by atoms with Gasteiger partial charge in [-0.05, 0) is 12.1 Å². The van der Waals surface area contributed by atoms with Crippen molar-refractivity contribution in [2.75, 3.05) is 5.75 Å². The third-order valence-corrected chi connectivity index (χ3v) is 3.72. The Bertz CT molecular complexity index is 762. The molecule has 3 aromatic rings. The van der Waals surface area contributed by atoms with Crippen LogP contribution in [0.25, 0.3) is 22.4 Å². The maximum Gasteiger partial charge on any atom is 0.277 e. The Morgan fingerprint density at radius 2 is 2.15 bits per heavy atom. The number of fused-ring (bicyclic) bond motifs is 1. The van der Waals surface area contributed by atoms with Crippen LogP contribution in [0.4, 0.5) is 0 Å². The summed E-state index contributed by atoms with van der Waals surface area (Å²) in [6, 6.07) is 7.95. The largest absolute Gasteiger partial charge is 0.411 e. The lowest BCUT2D eigenvalue weighted by Crippen LogP contribution is -1.75. The van der Waals surface area contributed by atoms with Gasteiger partial charge < -0.3 is 9.40 Å². The lowest BCUT2D eigenvalue weighted by Gasteiger charge is -1.92. The molecule has 0 aliphatic carbocycles. The van der Waals surface area contributed by atoms with E-state index in [0.29, 0.717) is 16.9 Å². The van der Waals surface area contributed by atoms with Crippen molar-refractivity contribution in [3.63, 3.8) is 0 Å². The fraction of sp³-hybridized carbons (Fsp3) is 0.0769. The van der Waals surface area contributed by atoms with Gasteiger partial charge in [0.2, 0.25) is 0 Å². The first-order valence-electron chi connectivity index (χ1n) is 5.78. The van der Waals surface area contributed by atoms with Gasteiger partial charge in [-0.15, -0.1) is 10.2 Å². The molecule has 0 atom stereocenters. The van der Waals surface area contributed by atoms with Crippen molar-refractivity contribution in [3.05, 3.63) is 41.0 Å². The van der Waals surface area contributed by atoms with Crippen molar-refractivity contribution in [1.82, 2.24) is 15.2 Å². The Morgan fingerprint density at radius 3 is 3.00 bits per heavy atom. The van der Waals surface area contributed by atoms with Crippen molar-refractivity contribution in [2.24, 2.45) is 0 Å². The fourth-order valence-electron chi connectivity index (χ4n) is 1.80. The Kier molecular flexibility index (Phi) is 4.00. The van der Waals surface area contributed by atoms with E-state index in [1.807, 2.05) is 30.5 Å². The van der Waals surface area contributed by atoms with E-state index in [2.05, 4.69) is 15.2 Å². The van der Waals surface area contributed by atoms with Crippen LogP contribution in [0, 0.1) is 0 Å². The zero-order chi connectivity index (χ0) is 13.9. The van der Waals surface area contributed by atoms with Crippen LogP contribution in [-0.4, -0.2) is 20.9 Å². The molecule has 1 aromatic carbocycles. The number of aromatic nitrogens is 3. The average molecular weight is 326 g/mol. The van der Waals surface area contributed by atoms with Crippen molar-refractivity contribution < 1.29 is 4.42 Å². The highest BCUT2D eigenvalue weighted by Crippen LogP contribution is 2.29. The molecule has 0 aliphatic rings. The van der Waals surface area contributed by atoms with Crippen molar-refractivity contribution in [1.29, 1.82) is 0 Å². The summed E-state index contributed by atoms with van der Waals surface area (Å²) in [4.78, 5) is 3.18. The van der Waals surface area contributed by atoms with Crippen molar-refractivity contribution in [2.45, 2.75) is 5.22 Å². The van der Waals surface area contributed by atoms with Gasteiger partial charge >= 0.3 is 0 Å². The Morgan fingerprint density at radius 1 is 1.30 bits per heavy atom. The second-order valence-electron chi connectivity index (χ2n) is 3.93. The Labute approximate surface area is 129 Å². The number of H-pyrrole nitrogens is 1. The third kappa shape index (κ3) is 2.85. The first-order chi connectivity index (χ1) is 9.74. The minimum atomic E-state index is 0.230. The molecule has 0 spiro atoms. The minimum Gasteiger partial charge on any atom is -0.411 e. The summed E-state index contributed by atoms with van der Waals surface area (Å²) >= 11 is 12.5. The first-order valence-corrected chi connectivity index (χ1v) is 7.52. The molecular weight excluding hydrogens is 317 g/mol. The van der Waals surface area contributed by atoms with E-state index in [9.17, 15) is 0 Å². The van der Waals surface area contributed by atoms with Crippen LogP contribution in [0.3, 0.4) is 0 Å². The van der Waals surface area contributed by atoms with Gasteiger partial charge in [-0.2, -0.15) is 0 Å². The summed E-state index contributed by atoms with van der Waals surface area (Å²) in [7, 11) is 0. The van der Waals surface area contributed by atoms with Crippen LogP contribution < -0.4 is 0 Å². The number of aromatic amines is 1. The van der Waals surface area contributed by atoms with Gasteiger partial charge in [-0.25, -0.2) is 0 Å². The summed E-state index contributed by atoms with van der Waals surface area (Å²) in [6.07, 6.45) is 3.53. The SMILES string of the molecule is ClC(Cl)=CCSc1nnc(-c2c[nH]c3ccccc23)o1. The second kappa shape index (κ2) is 5.91. The molecule has 4 nitrogen and oxygen atoms in total. The smallest absolute Gasteiger partial charge is 0.277 e. The van der Waals surface area contributed by atoms with Gasteiger partial charge in [0, 0.05) is 22.9 Å². The molecule has 7 heteroatoms. The normalized spacial score (nSPS) is 10.9. The predicted octanol–water partition coefficient (Wildman–Crippen LogP) is 4.63. The fourth-order valence-corrected chi connectivity index (χ4v) is 2.77. The zero-order valence-corrected chi connectivity index (χ0v) is 12.5. The number of thioether (sulfide) groups is 1. The molecule has 102 valence electrons. The molecule has 0 saturated heterocycles. The maximum absolute atomic E-state index is 5.62. The molecule has 1 N–H and O–H groups in total.